The van der Waals surface area contributed by atoms with E-state index in [1.807, 2.05) is 77.3 Å². The standard InChI is InChI=1S/C22H27N3O3/c1-23(2)19-8-6-18(7-9-19)22(27)25-14-12-24(13-15-25)21(26)16-17-4-10-20(28-3)11-5-17/h4-11H,12-16H2,1-3H3. The fourth-order valence-electron chi connectivity index (χ4n) is 3.27. The van der Waals surface area contributed by atoms with Crippen molar-refractivity contribution in [3.05, 3.63) is 59.7 Å². The van der Waals surface area contributed by atoms with E-state index in [2.05, 4.69) is 0 Å². The molecule has 2 amide bonds. The molecule has 0 spiro atoms. The molecule has 28 heavy (non-hydrogen) atoms. The van der Waals surface area contributed by atoms with Gasteiger partial charge in [0.25, 0.3) is 5.91 Å². The molecule has 0 atom stereocenters. The van der Waals surface area contributed by atoms with Crippen LogP contribution in [0.2, 0.25) is 0 Å². The lowest BCUT2D eigenvalue weighted by molar-refractivity contribution is -0.131. The van der Waals surface area contributed by atoms with Gasteiger partial charge in [-0.2, -0.15) is 0 Å². The molecule has 0 radical (unpaired) electrons. The molecular formula is C22H27N3O3. The Morgan fingerprint density at radius 3 is 2.00 bits per heavy atom. The molecule has 0 N–H and O–H groups in total. The van der Waals surface area contributed by atoms with Crippen molar-refractivity contribution in [2.45, 2.75) is 6.42 Å². The second kappa shape index (κ2) is 8.78. The van der Waals surface area contributed by atoms with E-state index in [1.165, 1.54) is 0 Å². The fourth-order valence-corrected chi connectivity index (χ4v) is 3.27. The molecule has 1 fully saturated rings. The predicted molar refractivity (Wildman–Crippen MR) is 110 cm³/mol. The summed E-state index contributed by atoms with van der Waals surface area (Å²) in [4.78, 5) is 30.9. The Morgan fingerprint density at radius 1 is 0.893 bits per heavy atom. The van der Waals surface area contributed by atoms with Crippen molar-refractivity contribution < 1.29 is 14.3 Å². The maximum Gasteiger partial charge on any atom is 0.253 e. The predicted octanol–water partition coefficient (Wildman–Crippen LogP) is 2.29. The monoisotopic (exact) mass is 381 g/mol. The number of carbonyl (C=O) groups is 2. The molecule has 0 aliphatic carbocycles. The third kappa shape index (κ3) is 4.63. The van der Waals surface area contributed by atoms with Gasteiger partial charge in [-0.25, -0.2) is 0 Å². The number of amides is 2. The van der Waals surface area contributed by atoms with E-state index in [-0.39, 0.29) is 11.8 Å². The molecule has 6 heteroatoms. The third-order valence-corrected chi connectivity index (χ3v) is 5.06. The number of carbonyl (C=O) groups excluding carboxylic acids is 2. The summed E-state index contributed by atoms with van der Waals surface area (Å²) < 4.78 is 5.14. The zero-order valence-electron chi connectivity index (χ0n) is 16.7. The minimum atomic E-state index is 0.0209. The Morgan fingerprint density at radius 2 is 1.46 bits per heavy atom. The number of piperazine rings is 1. The Hall–Kier alpha value is -3.02. The Balaban J connectivity index is 1.52. The van der Waals surface area contributed by atoms with Crippen molar-refractivity contribution in [3.63, 3.8) is 0 Å². The molecule has 2 aromatic rings. The number of ether oxygens (including phenoxy) is 1. The average Bonchev–Trinajstić information content (AvgIpc) is 2.74. The summed E-state index contributed by atoms with van der Waals surface area (Å²) in [7, 11) is 5.57. The van der Waals surface area contributed by atoms with Crippen molar-refractivity contribution in [1.29, 1.82) is 0 Å². The first kappa shape index (κ1) is 19.7. The van der Waals surface area contributed by atoms with Crippen LogP contribution in [0.5, 0.6) is 5.75 Å². The number of methoxy groups -OCH3 is 1. The van der Waals surface area contributed by atoms with Crippen LogP contribution in [-0.2, 0) is 11.2 Å². The van der Waals surface area contributed by atoms with Crippen LogP contribution in [0.15, 0.2) is 48.5 Å². The Kier molecular flexibility index (Phi) is 6.19. The molecule has 6 nitrogen and oxygen atoms in total. The lowest BCUT2D eigenvalue weighted by atomic mass is 10.1. The van der Waals surface area contributed by atoms with Crippen molar-refractivity contribution in [1.82, 2.24) is 9.80 Å². The van der Waals surface area contributed by atoms with Crippen molar-refractivity contribution in [2.24, 2.45) is 0 Å². The highest BCUT2D eigenvalue weighted by molar-refractivity contribution is 5.94. The topological polar surface area (TPSA) is 53.1 Å². The molecule has 148 valence electrons. The molecule has 0 saturated carbocycles. The van der Waals surface area contributed by atoms with Gasteiger partial charge in [-0.1, -0.05) is 12.1 Å². The lowest BCUT2D eigenvalue weighted by Gasteiger charge is -2.35. The van der Waals surface area contributed by atoms with Crippen LogP contribution < -0.4 is 9.64 Å². The number of rotatable bonds is 5. The summed E-state index contributed by atoms with van der Waals surface area (Å²) in [5.41, 5.74) is 2.71. The van der Waals surface area contributed by atoms with E-state index in [0.29, 0.717) is 38.2 Å². The summed E-state index contributed by atoms with van der Waals surface area (Å²) in [6.07, 6.45) is 0.365. The highest BCUT2D eigenvalue weighted by atomic mass is 16.5. The van der Waals surface area contributed by atoms with Gasteiger partial charge < -0.3 is 19.4 Å². The summed E-state index contributed by atoms with van der Waals surface area (Å²) in [5, 5.41) is 0. The van der Waals surface area contributed by atoms with Crippen LogP contribution in [0.1, 0.15) is 15.9 Å². The molecule has 0 aromatic heterocycles. The molecule has 1 heterocycles. The van der Waals surface area contributed by atoms with Gasteiger partial charge in [-0.05, 0) is 42.0 Å². The number of hydrogen-bond donors (Lipinski definition) is 0. The first-order valence-corrected chi connectivity index (χ1v) is 9.45. The summed E-state index contributed by atoms with van der Waals surface area (Å²) in [5.74, 6) is 0.891. The Labute approximate surface area is 166 Å². The fraction of sp³-hybridized carbons (Fsp3) is 0.364. The third-order valence-electron chi connectivity index (χ3n) is 5.06. The van der Waals surface area contributed by atoms with Gasteiger partial charge in [0.2, 0.25) is 5.91 Å². The molecule has 0 bridgehead atoms. The number of hydrogen-bond acceptors (Lipinski definition) is 4. The van der Waals surface area contributed by atoms with E-state index < -0.39 is 0 Å². The van der Waals surface area contributed by atoms with Gasteiger partial charge in [-0.15, -0.1) is 0 Å². The number of benzene rings is 2. The van der Waals surface area contributed by atoms with Crippen LogP contribution in [-0.4, -0.2) is 69.0 Å². The number of anilines is 1. The van der Waals surface area contributed by atoms with E-state index in [1.54, 1.807) is 7.11 Å². The minimum absolute atomic E-state index is 0.0209. The molecule has 1 aliphatic rings. The minimum Gasteiger partial charge on any atom is -0.497 e. The largest absolute Gasteiger partial charge is 0.497 e. The normalized spacial score (nSPS) is 14.0. The van der Waals surface area contributed by atoms with Crippen LogP contribution in [0.25, 0.3) is 0 Å². The van der Waals surface area contributed by atoms with E-state index in [9.17, 15) is 9.59 Å². The first-order valence-electron chi connectivity index (χ1n) is 9.45. The zero-order valence-corrected chi connectivity index (χ0v) is 16.7. The van der Waals surface area contributed by atoms with Crippen LogP contribution in [0.3, 0.4) is 0 Å². The molecule has 1 aliphatic heterocycles. The molecule has 3 rings (SSSR count). The average molecular weight is 381 g/mol. The van der Waals surface area contributed by atoms with E-state index >= 15 is 0 Å². The van der Waals surface area contributed by atoms with Gasteiger partial charge in [-0.3, -0.25) is 9.59 Å². The van der Waals surface area contributed by atoms with Gasteiger partial charge in [0.1, 0.15) is 5.75 Å². The summed E-state index contributed by atoms with van der Waals surface area (Å²) >= 11 is 0. The second-order valence-corrected chi connectivity index (χ2v) is 7.14. The van der Waals surface area contributed by atoms with Gasteiger partial charge >= 0.3 is 0 Å². The van der Waals surface area contributed by atoms with Crippen LogP contribution in [0.4, 0.5) is 5.69 Å². The van der Waals surface area contributed by atoms with Gasteiger partial charge in [0.15, 0.2) is 0 Å². The molecule has 2 aromatic carbocycles. The van der Waals surface area contributed by atoms with Crippen LogP contribution in [0, 0.1) is 0 Å². The highest BCUT2D eigenvalue weighted by Crippen LogP contribution is 2.16. The van der Waals surface area contributed by atoms with Crippen LogP contribution >= 0.6 is 0 Å². The van der Waals surface area contributed by atoms with Crippen molar-refractivity contribution in [2.75, 3.05) is 52.3 Å². The van der Waals surface area contributed by atoms with E-state index in [4.69, 9.17) is 4.74 Å². The maximum absolute atomic E-state index is 12.7. The zero-order chi connectivity index (χ0) is 20.1. The summed E-state index contributed by atoms with van der Waals surface area (Å²) in [6.45, 7) is 2.25. The van der Waals surface area contributed by atoms with Crippen molar-refractivity contribution >= 4 is 17.5 Å². The molecular weight excluding hydrogens is 354 g/mol. The van der Waals surface area contributed by atoms with Gasteiger partial charge in [0, 0.05) is 51.5 Å². The smallest absolute Gasteiger partial charge is 0.253 e. The quantitative estimate of drug-likeness (QED) is 0.797. The van der Waals surface area contributed by atoms with E-state index in [0.717, 1.165) is 17.0 Å². The maximum atomic E-state index is 12.7. The highest BCUT2D eigenvalue weighted by Gasteiger charge is 2.24. The van der Waals surface area contributed by atoms with Gasteiger partial charge in [0.05, 0.1) is 13.5 Å². The molecule has 0 unspecified atom stereocenters. The lowest BCUT2D eigenvalue weighted by Crippen LogP contribution is -2.51. The number of nitrogens with zero attached hydrogens (tertiary/aromatic N) is 3. The molecule has 1 saturated heterocycles. The Bertz CT molecular complexity index is 808. The summed E-state index contributed by atoms with van der Waals surface area (Å²) in [6, 6.07) is 15.2. The SMILES string of the molecule is COc1ccc(CC(=O)N2CCN(C(=O)c3ccc(N(C)C)cc3)CC2)cc1. The van der Waals surface area contributed by atoms with Crippen molar-refractivity contribution in [3.8, 4) is 5.75 Å². The second-order valence-electron chi connectivity index (χ2n) is 7.14. The first-order chi connectivity index (χ1) is 13.5.